The van der Waals surface area contributed by atoms with Crippen LogP contribution in [0.25, 0.3) is 11.1 Å². The Morgan fingerprint density at radius 2 is 1.67 bits per heavy atom. The van der Waals surface area contributed by atoms with E-state index in [0.29, 0.717) is 38.0 Å². The summed E-state index contributed by atoms with van der Waals surface area (Å²) in [6.07, 6.45) is 1.23. The lowest BCUT2D eigenvalue weighted by atomic mass is 9.84. The summed E-state index contributed by atoms with van der Waals surface area (Å²) in [4.78, 5) is 41.0. The van der Waals surface area contributed by atoms with Crippen LogP contribution in [0.5, 0.6) is 0 Å². The van der Waals surface area contributed by atoms with Crippen LogP contribution in [0.2, 0.25) is 0 Å². The summed E-state index contributed by atoms with van der Waals surface area (Å²) >= 11 is 0. The largest absolute Gasteiger partial charge is 0.481 e. The Bertz CT molecular complexity index is 1520. The lowest BCUT2D eigenvalue weighted by Crippen LogP contribution is -2.48. The Morgan fingerprint density at radius 3 is 2.28 bits per heavy atom. The first-order valence-corrected chi connectivity index (χ1v) is 15.0. The third kappa shape index (κ3) is 7.85. The molecule has 230 valence electrons. The van der Waals surface area contributed by atoms with Crippen LogP contribution in [-0.4, -0.2) is 52.1 Å². The molecule has 0 aliphatic carbocycles. The summed E-state index contributed by atoms with van der Waals surface area (Å²) in [6, 6.07) is 11.7. The summed E-state index contributed by atoms with van der Waals surface area (Å²) in [5, 5.41) is 9.80. The third-order valence-electron chi connectivity index (χ3n) is 8.39. The van der Waals surface area contributed by atoms with Crippen LogP contribution < -0.4 is 5.56 Å². The molecule has 3 aromatic rings. The van der Waals surface area contributed by atoms with E-state index in [2.05, 4.69) is 0 Å². The highest BCUT2D eigenvalue weighted by Gasteiger charge is 2.30. The number of rotatable bonds is 13. The number of aromatic nitrogens is 1. The molecule has 2 atom stereocenters. The first-order valence-electron chi connectivity index (χ1n) is 15.0. The van der Waals surface area contributed by atoms with Gasteiger partial charge < -0.3 is 9.67 Å². The van der Waals surface area contributed by atoms with E-state index in [0.717, 1.165) is 27.8 Å². The third-order valence-corrected chi connectivity index (χ3v) is 8.39. The van der Waals surface area contributed by atoms with Gasteiger partial charge in [0.05, 0.1) is 12.5 Å². The zero-order valence-electron chi connectivity index (χ0n) is 25.7. The van der Waals surface area contributed by atoms with Gasteiger partial charge in [-0.1, -0.05) is 38.1 Å². The number of carbonyl (C=O) groups is 2. The van der Waals surface area contributed by atoms with E-state index in [-0.39, 0.29) is 29.2 Å². The van der Waals surface area contributed by atoms with E-state index in [1.807, 2.05) is 50.8 Å². The molecule has 1 aliphatic rings. The van der Waals surface area contributed by atoms with E-state index >= 15 is 4.39 Å². The Kier molecular flexibility index (Phi) is 10.3. The monoisotopic (exact) mass is 592 g/mol. The fraction of sp³-hybridized carbons (Fsp3) is 0.457. The molecule has 0 saturated carbocycles. The van der Waals surface area contributed by atoms with Gasteiger partial charge in [-0.15, -0.1) is 0 Å². The van der Waals surface area contributed by atoms with Gasteiger partial charge in [0, 0.05) is 44.2 Å². The number of Topliss-reactive ketones (excluding diaryl/α,β-unsaturated/α-hetero) is 1. The molecule has 1 aliphatic heterocycles. The van der Waals surface area contributed by atoms with Gasteiger partial charge in [0.2, 0.25) is 0 Å². The second-order valence-electron chi connectivity index (χ2n) is 12.5. The molecule has 1 fully saturated rings. The van der Waals surface area contributed by atoms with E-state index in [4.69, 9.17) is 0 Å². The van der Waals surface area contributed by atoms with Gasteiger partial charge in [0.25, 0.3) is 5.56 Å². The maximum Gasteiger partial charge on any atom is 0.303 e. The second-order valence-corrected chi connectivity index (χ2v) is 12.5. The second kappa shape index (κ2) is 13.8. The Hall–Kier alpha value is -3.65. The predicted molar refractivity (Wildman–Crippen MR) is 165 cm³/mol. The highest BCUT2D eigenvalue weighted by atomic mass is 19.1. The number of alkyl halides is 1. The molecule has 0 bridgehead atoms. The normalized spacial score (nSPS) is 15.3. The van der Waals surface area contributed by atoms with Crippen LogP contribution in [0, 0.1) is 32.5 Å². The topological polar surface area (TPSA) is 79.6 Å². The number of likely N-dealkylation sites (tertiary alicyclic amines) is 1. The van der Waals surface area contributed by atoms with Gasteiger partial charge in [0.15, 0.2) is 5.78 Å². The van der Waals surface area contributed by atoms with Crippen molar-refractivity contribution < 1.29 is 23.5 Å². The first kappa shape index (κ1) is 32.3. The Morgan fingerprint density at radius 1 is 1.00 bits per heavy atom. The van der Waals surface area contributed by atoms with Gasteiger partial charge >= 0.3 is 5.97 Å². The molecule has 4 rings (SSSR count). The van der Waals surface area contributed by atoms with Crippen molar-refractivity contribution in [1.29, 1.82) is 0 Å². The van der Waals surface area contributed by atoms with Crippen molar-refractivity contribution >= 4 is 11.8 Å². The molecule has 1 N–H and O–H groups in total. The summed E-state index contributed by atoms with van der Waals surface area (Å²) in [5.74, 6) is -2.81. The number of carbonyl (C=O) groups excluding carboxylic acids is 1. The number of aliphatic carboxylic acids is 1. The van der Waals surface area contributed by atoms with Crippen molar-refractivity contribution in [2.45, 2.75) is 78.4 Å². The van der Waals surface area contributed by atoms with Crippen LogP contribution in [0.4, 0.5) is 8.78 Å². The van der Waals surface area contributed by atoms with E-state index in [1.165, 1.54) is 10.6 Å². The lowest BCUT2D eigenvalue weighted by molar-refractivity contribution is -0.137. The molecule has 0 spiro atoms. The Labute approximate surface area is 252 Å². The van der Waals surface area contributed by atoms with Gasteiger partial charge in [-0.05, 0) is 90.6 Å². The predicted octanol–water partition coefficient (Wildman–Crippen LogP) is 6.58. The molecule has 2 heterocycles. The average molecular weight is 593 g/mol. The number of hydrogen-bond donors (Lipinski definition) is 1. The Balaban J connectivity index is 1.68. The molecule has 1 aromatic heterocycles. The fourth-order valence-electron chi connectivity index (χ4n) is 6.15. The molecule has 2 aromatic carbocycles. The first-order chi connectivity index (χ1) is 20.3. The van der Waals surface area contributed by atoms with E-state index in [1.54, 1.807) is 31.3 Å². The molecule has 1 saturated heterocycles. The van der Waals surface area contributed by atoms with Crippen molar-refractivity contribution in [1.82, 2.24) is 9.47 Å². The van der Waals surface area contributed by atoms with E-state index in [9.17, 15) is 23.9 Å². The highest BCUT2D eigenvalue weighted by Crippen LogP contribution is 2.36. The molecular weight excluding hydrogens is 550 g/mol. The molecule has 43 heavy (non-hydrogen) atoms. The summed E-state index contributed by atoms with van der Waals surface area (Å²) in [5.41, 5.74) is 4.85. The number of pyridine rings is 1. The minimum absolute atomic E-state index is 0.0661. The smallest absolute Gasteiger partial charge is 0.303 e. The molecule has 8 heteroatoms. The van der Waals surface area contributed by atoms with Crippen molar-refractivity contribution in [2.75, 3.05) is 19.6 Å². The molecule has 0 radical (unpaired) electrons. The highest BCUT2D eigenvalue weighted by molar-refractivity contribution is 5.84. The van der Waals surface area contributed by atoms with Crippen molar-refractivity contribution in [3.63, 3.8) is 0 Å². The van der Waals surface area contributed by atoms with Crippen LogP contribution in [-0.2, 0) is 16.0 Å². The van der Waals surface area contributed by atoms with Crippen LogP contribution in [0.15, 0.2) is 53.5 Å². The van der Waals surface area contributed by atoms with Crippen LogP contribution in [0.3, 0.4) is 0 Å². The molecule has 0 amide bonds. The van der Waals surface area contributed by atoms with Crippen LogP contribution >= 0.6 is 0 Å². The summed E-state index contributed by atoms with van der Waals surface area (Å²) < 4.78 is 30.4. The molecular formula is C35H42F2N2O4. The number of hydrogen-bond acceptors (Lipinski definition) is 4. The zero-order valence-corrected chi connectivity index (χ0v) is 25.7. The minimum atomic E-state index is -1.13. The van der Waals surface area contributed by atoms with Gasteiger partial charge in [-0.2, -0.15) is 0 Å². The number of carboxylic acids is 1. The van der Waals surface area contributed by atoms with Gasteiger partial charge in [-0.25, -0.2) is 8.78 Å². The number of aryl methyl sites for hydroxylation is 3. The van der Waals surface area contributed by atoms with Crippen molar-refractivity contribution in [2.24, 2.45) is 5.92 Å². The minimum Gasteiger partial charge on any atom is -0.481 e. The number of halogens is 2. The lowest BCUT2D eigenvalue weighted by Gasteiger charge is -2.34. The zero-order chi connectivity index (χ0) is 31.4. The number of carboxylic acid groups (broad SMARTS) is 1. The number of nitrogens with zero attached hydrogens (tertiary/aromatic N) is 2. The molecule has 6 nitrogen and oxygen atoms in total. The average Bonchev–Trinajstić information content (AvgIpc) is 2.91. The van der Waals surface area contributed by atoms with E-state index < -0.39 is 36.3 Å². The molecule has 1 unspecified atom stereocenters. The standard InChI is InChI=1S/C35H42F2N2O4/c1-21(2)13-30(39-18-25(9-10-32(39)41)11-12-38-19-28(36)20-38)31(40)16-26(17-33(42)43)29-15-27(14-24(5)35(29)37)34-22(3)7-6-8-23(34)4/h6-10,14-15,18,21,26,28,30H,11-13,16-17,19-20H2,1-5H3,(H,42,43)/t26-,30?/m0/s1. The number of ketones is 1. The summed E-state index contributed by atoms with van der Waals surface area (Å²) in [6.45, 7) is 11.0. The van der Waals surface area contributed by atoms with Crippen molar-refractivity contribution in [3.8, 4) is 11.1 Å². The maximum absolute atomic E-state index is 15.7. The van der Waals surface area contributed by atoms with Gasteiger partial charge in [-0.3, -0.25) is 19.3 Å². The van der Waals surface area contributed by atoms with Gasteiger partial charge in [0.1, 0.15) is 12.0 Å². The van der Waals surface area contributed by atoms with Crippen molar-refractivity contribution in [3.05, 3.63) is 92.6 Å². The number of benzene rings is 2. The van der Waals surface area contributed by atoms with Crippen LogP contribution in [0.1, 0.15) is 72.9 Å². The maximum atomic E-state index is 15.7. The fourth-order valence-corrected chi connectivity index (χ4v) is 6.15. The summed E-state index contributed by atoms with van der Waals surface area (Å²) in [7, 11) is 0. The quantitative estimate of drug-likeness (QED) is 0.243. The SMILES string of the molecule is Cc1cc(-c2c(C)cccc2C)cc([C@H](CC(=O)O)CC(=O)C(CC(C)C)n2cc(CCN3CC(F)C3)ccc2=O)c1F.